The zero-order valence-electron chi connectivity index (χ0n) is 29.4. The molecular formula is C47H33N5Pt. The van der Waals surface area contributed by atoms with Gasteiger partial charge in [-0.25, -0.2) is 4.98 Å². The Kier molecular flexibility index (Phi) is 7.87. The van der Waals surface area contributed by atoms with Crippen molar-refractivity contribution in [3.8, 4) is 28.3 Å². The molecular weight excluding hydrogens is 830 g/mol. The Hall–Kier alpha value is -5.90. The summed E-state index contributed by atoms with van der Waals surface area (Å²) in [5.41, 5.74) is 10.2. The third-order valence-electron chi connectivity index (χ3n) is 10.7. The van der Waals surface area contributed by atoms with Crippen molar-refractivity contribution in [3.05, 3.63) is 175 Å². The molecule has 53 heavy (non-hydrogen) atoms. The number of aromatic nitrogens is 5. The van der Waals surface area contributed by atoms with Crippen LogP contribution < -0.4 is 0 Å². The average Bonchev–Trinajstić information content (AvgIpc) is 3.79. The first-order valence-corrected chi connectivity index (χ1v) is 17.6. The molecule has 0 radical (unpaired) electrons. The minimum atomic E-state index is -0.436. The van der Waals surface area contributed by atoms with E-state index in [1.165, 1.54) is 16.3 Å². The largest absolute Gasteiger partial charge is 2.00 e. The summed E-state index contributed by atoms with van der Waals surface area (Å²) < 4.78 is 4.45. The van der Waals surface area contributed by atoms with Crippen molar-refractivity contribution < 1.29 is 21.1 Å². The summed E-state index contributed by atoms with van der Waals surface area (Å²) in [6.45, 7) is 6.69. The smallest absolute Gasteiger partial charge is 0.319 e. The quantitative estimate of drug-likeness (QED) is 0.128. The molecule has 0 aliphatic rings. The van der Waals surface area contributed by atoms with Crippen LogP contribution in [0.4, 0.5) is 0 Å². The SMILES string of the molecule is Cc1cccc2c1c1ccc(C(C)(C)c3[c-]c4c(cc3)c3ccccc3n4-c3ccccn3)[c-]c1c1nnc(-c3ccccc3-c3ccccc3)n21.[Pt+2]. The Morgan fingerprint density at radius 1 is 0.585 bits per heavy atom. The van der Waals surface area contributed by atoms with Gasteiger partial charge in [-0.2, -0.15) is 28.9 Å². The van der Waals surface area contributed by atoms with Gasteiger partial charge >= 0.3 is 21.1 Å². The van der Waals surface area contributed by atoms with Gasteiger partial charge < -0.3 is 8.97 Å². The van der Waals surface area contributed by atoms with Crippen LogP contribution in [0.2, 0.25) is 0 Å². The topological polar surface area (TPSA) is 48.0 Å². The van der Waals surface area contributed by atoms with Crippen LogP contribution in [0.15, 0.2) is 146 Å². The van der Waals surface area contributed by atoms with Gasteiger partial charge in [0.15, 0.2) is 5.82 Å². The van der Waals surface area contributed by atoms with E-state index in [0.29, 0.717) is 0 Å². The summed E-state index contributed by atoms with van der Waals surface area (Å²) in [5.74, 6) is 1.68. The van der Waals surface area contributed by atoms with Crippen molar-refractivity contribution in [3.63, 3.8) is 0 Å². The molecule has 256 valence electrons. The minimum absolute atomic E-state index is 0. The van der Waals surface area contributed by atoms with Crippen LogP contribution in [0.25, 0.3) is 77.5 Å². The molecule has 6 aromatic carbocycles. The van der Waals surface area contributed by atoms with E-state index in [1.807, 2.05) is 24.4 Å². The molecule has 0 amide bonds. The molecule has 0 N–H and O–H groups in total. The molecule has 5 nitrogen and oxygen atoms in total. The fraction of sp³-hybridized carbons (Fsp3) is 0.0851. The second kappa shape index (κ2) is 12.6. The van der Waals surface area contributed by atoms with Crippen LogP contribution >= 0.6 is 0 Å². The molecule has 0 atom stereocenters. The van der Waals surface area contributed by atoms with Gasteiger partial charge in [-0.15, -0.1) is 34.2 Å². The van der Waals surface area contributed by atoms with Crippen molar-refractivity contribution >= 4 is 49.1 Å². The maximum atomic E-state index is 4.91. The Bertz CT molecular complexity index is 3000. The third kappa shape index (κ3) is 5.06. The summed E-state index contributed by atoms with van der Waals surface area (Å²) in [4.78, 5) is 4.73. The van der Waals surface area contributed by atoms with E-state index >= 15 is 0 Å². The molecule has 0 spiro atoms. The number of pyridine rings is 2. The number of rotatable bonds is 5. The van der Waals surface area contributed by atoms with Crippen LogP contribution in [0, 0.1) is 19.1 Å². The molecule has 0 fully saturated rings. The van der Waals surface area contributed by atoms with Crippen molar-refractivity contribution in [2.24, 2.45) is 0 Å². The van der Waals surface area contributed by atoms with Gasteiger partial charge in [0, 0.05) is 22.8 Å². The molecule has 0 bridgehead atoms. The Balaban J connectivity index is 0.00000372. The van der Waals surface area contributed by atoms with E-state index < -0.39 is 5.41 Å². The standard InChI is InChI=1S/C47H33N5.Pt/c1-30-14-13-21-41-44(30)37-26-24-32(28-39(37)46-50-49-45(52(41)46)38-19-8-7-17-34(38)31-15-5-4-6-16-31)47(2,3)33-23-25-36-35-18-9-10-20-40(35)51(42(36)29-33)43-22-11-12-27-48-43;/h4-27H,1-3H3;/q-2;+2. The fourth-order valence-corrected chi connectivity index (χ4v) is 7.95. The van der Waals surface area contributed by atoms with Gasteiger partial charge in [-0.1, -0.05) is 127 Å². The predicted octanol–water partition coefficient (Wildman–Crippen LogP) is 11.1. The van der Waals surface area contributed by atoms with Crippen molar-refractivity contribution in [2.75, 3.05) is 0 Å². The molecule has 0 saturated heterocycles. The Morgan fingerprint density at radius 3 is 2.09 bits per heavy atom. The summed E-state index contributed by atoms with van der Waals surface area (Å²) >= 11 is 0. The first-order valence-electron chi connectivity index (χ1n) is 17.6. The second-order valence-corrected chi connectivity index (χ2v) is 14.0. The number of nitrogens with zero attached hydrogens (tertiary/aromatic N) is 5. The maximum absolute atomic E-state index is 4.91. The van der Waals surface area contributed by atoms with Gasteiger partial charge in [-0.05, 0) is 58.5 Å². The number of benzene rings is 6. The molecule has 0 aliphatic carbocycles. The van der Waals surface area contributed by atoms with Crippen molar-refractivity contribution in [1.82, 2.24) is 24.1 Å². The molecule has 10 aromatic rings. The number of fused-ring (bicyclic) bond motifs is 9. The van der Waals surface area contributed by atoms with E-state index in [2.05, 4.69) is 163 Å². The van der Waals surface area contributed by atoms with Gasteiger partial charge in [0.25, 0.3) is 0 Å². The Morgan fingerprint density at radius 2 is 1.28 bits per heavy atom. The van der Waals surface area contributed by atoms with Gasteiger partial charge in [0.2, 0.25) is 0 Å². The van der Waals surface area contributed by atoms with Crippen LogP contribution in [0.1, 0.15) is 30.5 Å². The molecule has 4 aromatic heterocycles. The summed E-state index contributed by atoms with van der Waals surface area (Å²) in [6, 6.07) is 56.6. The molecule has 0 unspecified atom stereocenters. The van der Waals surface area contributed by atoms with Gasteiger partial charge in [0.05, 0.1) is 5.65 Å². The van der Waals surface area contributed by atoms with Crippen LogP contribution in [0.3, 0.4) is 0 Å². The van der Waals surface area contributed by atoms with E-state index in [-0.39, 0.29) is 21.1 Å². The minimum Gasteiger partial charge on any atom is -0.319 e. The van der Waals surface area contributed by atoms with Gasteiger partial charge in [0.1, 0.15) is 5.82 Å². The van der Waals surface area contributed by atoms with E-state index in [1.54, 1.807) is 0 Å². The predicted molar refractivity (Wildman–Crippen MR) is 212 cm³/mol. The number of hydrogen-bond donors (Lipinski definition) is 0. The molecule has 10 rings (SSSR count). The summed E-state index contributed by atoms with van der Waals surface area (Å²) in [5, 5.41) is 15.4. The van der Waals surface area contributed by atoms with E-state index in [9.17, 15) is 0 Å². The molecule has 0 saturated carbocycles. The molecule has 0 aliphatic heterocycles. The van der Waals surface area contributed by atoms with Crippen molar-refractivity contribution in [2.45, 2.75) is 26.2 Å². The monoisotopic (exact) mass is 862 g/mol. The zero-order valence-corrected chi connectivity index (χ0v) is 31.7. The first-order chi connectivity index (χ1) is 25.5. The average molecular weight is 863 g/mol. The first kappa shape index (κ1) is 33.0. The summed E-state index contributed by atoms with van der Waals surface area (Å²) in [6.07, 6.45) is 1.84. The summed E-state index contributed by atoms with van der Waals surface area (Å²) in [7, 11) is 0. The Labute approximate surface area is 321 Å². The van der Waals surface area contributed by atoms with E-state index in [0.717, 1.165) is 77.8 Å². The van der Waals surface area contributed by atoms with E-state index in [4.69, 9.17) is 15.2 Å². The zero-order chi connectivity index (χ0) is 35.0. The maximum Gasteiger partial charge on any atom is 2.00 e. The van der Waals surface area contributed by atoms with Crippen LogP contribution in [-0.2, 0) is 26.5 Å². The third-order valence-corrected chi connectivity index (χ3v) is 10.7. The number of para-hydroxylation sites is 1. The van der Waals surface area contributed by atoms with Crippen LogP contribution in [0.5, 0.6) is 0 Å². The van der Waals surface area contributed by atoms with Crippen LogP contribution in [-0.4, -0.2) is 24.1 Å². The second-order valence-electron chi connectivity index (χ2n) is 14.0. The normalized spacial score (nSPS) is 11.9. The van der Waals surface area contributed by atoms with Gasteiger partial charge in [-0.3, -0.25) is 0 Å². The number of aryl methyl sites for hydroxylation is 1. The van der Waals surface area contributed by atoms with Crippen molar-refractivity contribution in [1.29, 1.82) is 0 Å². The number of hydrogen-bond acceptors (Lipinski definition) is 3. The fourth-order valence-electron chi connectivity index (χ4n) is 7.95. The molecule has 6 heteroatoms. The molecule has 4 heterocycles.